The molecule has 0 spiro atoms. The first kappa shape index (κ1) is 23.3. The van der Waals surface area contributed by atoms with Crippen molar-refractivity contribution >= 4 is 35.2 Å². The van der Waals surface area contributed by atoms with Gasteiger partial charge in [-0.05, 0) is 30.2 Å². The van der Waals surface area contributed by atoms with Crippen LogP contribution in [0, 0.1) is 5.92 Å². The summed E-state index contributed by atoms with van der Waals surface area (Å²) in [5.74, 6) is -0.109. The van der Waals surface area contributed by atoms with E-state index in [9.17, 15) is 14.4 Å². The maximum absolute atomic E-state index is 12.4. The average Bonchev–Trinajstić information content (AvgIpc) is 2.74. The molecule has 0 radical (unpaired) electrons. The molecule has 0 fully saturated rings. The Morgan fingerprint density at radius 1 is 1.03 bits per heavy atom. The molecular weight excluding hydrogens is 404 g/mol. The molecule has 7 nitrogen and oxygen atoms in total. The Hall–Kier alpha value is -3.00. The lowest BCUT2D eigenvalue weighted by Gasteiger charge is -2.11. The number of esters is 1. The van der Waals surface area contributed by atoms with E-state index in [1.807, 2.05) is 13.8 Å². The summed E-state index contributed by atoms with van der Waals surface area (Å²) in [4.78, 5) is 37.0. The molecule has 0 aliphatic heterocycles. The summed E-state index contributed by atoms with van der Waals surface area (Å²) in [6.45, 7) is 4.13. The van der Waals surface area contributed by atoms with Gasteiger partial charge in [-0.25, -0.2) is 4.79 Å². The van der Waals surface area contributed by atoms with E-state index in [4.69, 9.17) is 9.47 Å². The van der Waals surface area contributed by atoms with Gasteiger partial charge in [0, 0.05) is 23.2 Å². The quantitative estimate of drug-likeness (QED) is 0.443. The van der Waals surface area contributed by atoms with Crippen molar-refractivity contribution < 1.29 is 23.9 Å². The van der Waals surface area contributed by atoms with Gasteiger partial charge >= 0.3 is 5.97 Å². The van der Waals surface area contributed by atoms with Gasteiger partial charge in [-0.15, -0.1) is 11.8 Å². The number of carbonyl (C=O) groups is 3. The van der Waals surface area contributed by atoms with Crippen LogP contribution >= 0.6 is 11.8 Å². The maximum atomic E-state index is 12.4. The Labute approximate surface area is 180 Å². The number of thioether (sulfide) groups is 1. The van der Waals surface area contributed by atoms with Crippen molar-refractivity contribution in [1.29, 1.82) is 0 Å². The summed E-state index contributed by atoms with van der Waals surface area (Å²) in [7, 11) is 1.56. The van der Waals surface area contributed by atoms with Gasteiger partial charge in [0.2, 0.25) is 5.91 Å². The first-order valence-electron chi connectivity index (χ1n) is 9.48. The second-order valence-electron chi connectivity index (χ2n) is 6.84. The molecule has 2 amide bonds. The van der Waals surface area contributed by atoms with Gasteiger partial charge in [0.1, 0.15) is 5.75 Å². The number of benzene rings is 2. The largest absolute Gasteiger partial charge is 0.497 e. The third-order valence-electron chi connectivity index (χ3n) is 3.86. The van der Waals surface area contributed by atoms with Gasteiger partial charge in [-0.3, -0.25) is 9.59 Å². The standard InChI is InChI=1S/C22H26N2O5S/c1-15(2)12-23-20(25)13-29-22(27)18-9-4-5-10-19(18)30-14-21(26)24-16-7-6-8-17(11-16)28-3/h4-11,15H,12-14H2,1-3H3,(H,23,25)(H,24,26). The van der Waals surface area contributed by atoms with Gasteiger partial charge in [0.05, 0.1) is 18.4 Å². The van der Waals surface area contributed by atoms with Crippen LogP contribution in [0.5, 0.6) is 5.75 Å². The fourth-order valence-corrected chi connectivity index (χ4v) is 3.22. The summed E-state index contributed by atoms with van der Waals surface area (Å²) in [5.41, 5.74) is 0.938. The minimum absolute atomic E-state index is 0.108. The number of amides is 2. The highest BCUT2D eigenvalue weighted by atomic mass is 32.2. The number of hydrogen-bond acceptors (Lipinski definition) is 6. The molecule has 2 N–H and O–H groups in total. The highest BCUT2D eigenvalue weighted by molar-refractivity contribution is 8.00. The molecule has 0 saturated carbocycles. The minimum Gasteiger partial charge on any atom is -0.497 e. The third-order valence-corrected chi connectivity index (χ3v) is 4.93. The first-order valence-corrected chi connectivity index (χ1v) is 10.5. The number of ether oxygens (including phenoxy) is 2. The molecule has 0 aliphatic rings. The predicted molar refractivity (Wildman–Crippen MR) is 117 cm³/mol. The van der Waals surface area contributed by atoms with Gasteiger partial charge < -0.3 is 20.1 Å². The van der Waals surface area contributed by atoms with E-state index < -0.39 is 5.97 Å². The molecule has 0 atom stereocenters. The molecule has 160 valence electrons. The zero-order valence-electron chi connectivity index (χ0n) is 17.3. The Bertz CT molecular complexity index is 885. The molecule has 0 saturated heterocycles. The van der Waals surface area contributed by atoms with E-state index >= 15 is 0 Å². The Morgan fingerprint density at radius 2 is 1.80 bits per heavy atom. The van der Waals surface area contributed by atoms with Crippen LogP contribution in [0.2, 0.25) is 0 Å². The van der Waals surface area contributed by atoms with Crippen molar-refractivity contribution in [3.63, 3.8) is 0 Å². The van der Waals surface area contributed by atoms with E-state index in [-0.39, 0.29) is 24.2 Å². The molecule has 30 heavy (non-hydrogen) atoms. The van der Waals surface area contributed by atoms with Crippen LogP contribution in [-0.2, 0) is 14.3 Å². The van der Waals surface area contributed by atoms with Gasteiger partial charge in [0.15, 0.2) is 6.61 Å². The number of carbonyl (C=O) groups excluding carboxylic acids is 3. The van der Waals surface area contributed by atoms with Gasteiger partial charge in [-0.1, -0.05) is 32.0 Å². The summed E-state index contributed by atoms with van der Waals surface area (Å²) in [6, 6.07) is 13.9. The number of anilines is 1. The molecule has 0 unspecified atom stereocenters. The summed E-state index contributed by atoms with van der Waals surface area (Å²) in [6.07, 6.45) is 0. The van der Waals surface area contributed by atoms with Gasteiger partial charge in [0.25, 0.3) is 5.91 Å². The number of methoxy groups -OCH3 is 1. The maximum Gasteiger partial charge on any atom is 0.339 e. The highest BCUT2D eigenvalue weighted by Gasteiger charge is 2.16. The normalized spacial score (nSPS) is 10.4. The molecule has 0 heterocycles. The van der Waals surface area contributed by atoms with Crippen LogP contribution < -0.4 is 15.4 Å². The predicted octanol–water partition coefficient (Wildman–Crippen LogP) is 3.36. The van der Waals surface area contributed by atoms with Gasteiger partial charge in [-0.2, -0.15) is 0 Å². The molecule has 0 aromatic heterocycles. The smallest absolute Gasteiger partial charge is 0.339 e. The highest BCUT2D eigenvalue weighted by Crippen LogP contribution is 2.24. The molecule has 2 aromatic carbocycles. The number of rotatable bonds is 10. The van der Waals surface area contributed by atoms with Crippen molar-refractivity contribution in [2.24, 2.45) is 5.92 Å². The first-order chi connectivity index (χ1) is 14.4. The lowest BCUT2D eigenvalue weighted by molar-refractivity contribution is -0.124. The number of nitrogens with one attached hydrogen (secondary N) is 2. The SMILES string of the molecule is COc1cccc(NC(=O)CSc2ccccc2C(=O)OCC(=O)NCC(C)C)c1. The van der Waals surface area contributed by atoms with Crippen LogP contribution in [-0.4, -0.2) is 43.8 Å². The van der Waals surface area contributed by atoms with Crippen molar-refractivity contribution in [3.05, 3.63) is 54.1 Å². The van der Waals surface area contributed by atoms with E-state index in [1.54, 1.807) is 55.6 Å². The topological polar surface area (TPSA) is 93.7 Å². The Kier molecular flexibility index (Phi) is 9.21. The summed E-state index contributed by atoms with van der Waals surface area (Å²) < 4.78 is 10.3. The van der Waals surface area contributed by atoms with Crippen molar-refractivity contribution in [1.82, 2.24) is 5.32 Å². The van der Waals surface area contributed by atoms with Crippen LogP contribution in [0.1, 0.15) is 24.2 Å². The molecule has 2 aromatic rings. The second kappa shape index (κ2) is 11.9. The van der Waals surface area contributed by atoms with Crippen LogP contribution in [0.15, 0.2) is 53.4 Å². The fourth-order valence-electron chi connectivity index (χ4n) is 2.38. The summed E-state index contributed by atoms with van der Waals surface area (Å²) >= 11 is 1.22. The lowest BCUT2D eigenvalue weighted by Crippen LogP contribution is -2.31. The zero-order valence-corrected chi connectivity index (χ0v) is 18.1. The molecule has 0 bridgehead atoms. The Morgan fingerprint density at radius 3 is 2.53 bits per heavy atom. The van der Waals surface area contributed by atoms with E-state index in [2.05, 4.69) is 10.6 Å². The second-order valence-corrected chi connectivity index (χ2v) is 7.86. The molecular formula is C22H26N2O5S. The average molecular weight is 431 g/mol. The molecule has 8 heteroatoms. The third kappa shape index (κ3) is 7.79. The van der Waals surface area contributed by atoms with E-state index in [1.165, 1.54) is 11.8 Å². The minimum atomic E-state index is -0.606. The summed E-state index contributed by atoms with van der Waals surface area (Å²) in [5, 5.41) is 5.48. The van der Waals surface area contributed by atoms with Crippen LogP contribution in [0.25, 0.3) is 0 Å². The monoisotopic (exact) mass is 430 g/mol. The van der Waals surface area contributed by atoms with Crippen molar-refractivity contribution in [3.8, 4) is 5.75 Å². The molecule has 0 aliphatic carbocycles. The molecule has 2 rings (SSSR count). The fraction of sp³-hybridized carbons (Fsp3) is 0.318. The Balaban J connectivity index is 1.90. The zero-order chi connectivity index (χ0) is 21.9. The van der Waals surface area contributed by atoms with Crippen LogP contribution in [0.4, 0.5) is 5.69 Å². The lowest BCUT2D eigenvalue weighted by atomic mass is 10.2. The van der Waals surface area contributed by atoms with Crippen molar-refractivity contribution in [2.45, 2.75) is 18.7 Å². The number of hydrogen-bond donors (Lipinski definition) is 2. The van der Waals surface area contributed by atoms with Crippen molar-refractivity contribution in [2.75, 3.05) is 31.3 Å². The van der Waals surface area contributed by atoms with Crippen LogP contribution in [0.3, 0.4) is 0 Å². The van der Waals surface area contributed by atoms with E-state index in [0.717, 1.165) is 0 Å². The van der Waals surface area contributed by atoms with E-state index in [0.29, 0.717) is 34.4 Å².